The molecule has 1 spiro atoms. The van der Waals surface area contributed by atoms with E-state index < -0.39 is 57.5 Å². The molecule has 3 aromatic carbocycles. The van der Waals surface area contributed by atoms with Crippen LogP contribution in [0.25, 0.3) is 11.1 Å². The van der Waals surface area contributed by atoms with Gasteiger partial charge in [0, 0.05) is 43.8 Å². The topological polar surface area (TPSA) is 157 Å². The number of ether oxygens (including phenoxy) is 5. The summed E-state index contributed by atoms with van der Waals surface area (Å²) in [6.07, 6.45) is -0.0162. The minimum absolute atomic E-state index is 0.0367. The number of pyridine rings is 1. The van der Waals surface area contributed by atoms with Crippen molar-refractivity contribution in [2.24, 2.45) is 5.41 Å². The lowest BCUT2D eigenvalue weighted by Gasteiger charge is -2.42. The molecule has 2 atom stereocenters. The third-order valence-electron chi connectivity index (χ3n) is 11.0. The minimum Gasteiger partial charge on any atom is -0.466 e. The third kappa shape index (κ3) is 7.31. The molecule has 57 heavy (non-hydrogen) atoms. The zero-order chi connectivity index (χ0) is 40.8. The van der Waals surface area contributed by atoms with Crippen molar-refractivity contribution in [3.05, 3.63) is 123 Å². The molecule has 3 aliphatic heterocycles. The molecule has 0 aliphatic carbocycles. The number of rotatable bonds is 10. The van der Waals surface area contributed by atoms with E-state index in [1.54, 1.807) is 37.3 Å². The number of hydrogen-bond acceptors (Lipinski definition) is 11. The summed E-state index contributed by atoms with van der Waals surface area (Å²) in [6, 6.07) is 23.2. The Hall–Kier alpha value is -5.15. The molecule has 3 aliphatic rings. The standard InChI is InChI=1S/C43H46N2O11S/c1-6-42(40(49)52-5,35-23-37-43(54-26-41(3,4)27-55-43)20-21-44(37)38(47)34(35)25-53-28(2)46)56-39(48)36-22-31-14-10-11-15-32(31)24-45(36)57(50,51)33-18-16-30(17-19-33)29-12-8-7-9-13-29/h7-19,23,36H,6,20-22,24-27H2,1-5H3/t36-,42+/m1/s1. The van der Waals surface area contributed by atoms with Gasteiger partial charge in [0.15, 0.2) is 0 Å². The van der Waals surface area contributed by atoms with E-state index in [9.17, 15) is 27.6 Å². The summed E-state index contributed by atoms with van der Waals surface area (Å²) in [7, 11) is -3.23. The second-order valence-electron chi connectivity index (χ2n) is 15.4. The van der Waals surface area contributed by atoms with Gasteiger partial charge in [0.05, 0.1) is 36.5 Å². The van der Waals surface area contributed by atoms with Crippen molar-refractivity contribution in [3.63, 3.8) is 0 Å². The van der Waals surface area contributed by atoms with E-state index in [-0.39, 0.29) is 53.8 Å². The van der Waals surface area contributed by atoms with Gasteiger partial charge in [-0.25, -0.2) is 13.2 Å². The fourth-order valence-corrected chi connectivity index (χ4v) is 9.40. The molecule has 0 N–H and O–H groups in total. The van der Waals surface area contributed by atoms with Crippen LogP contribution in [-0.2, 0) is 85.6 Å². The number of aromatic nitrogens is 1. The van der Waals surface area contributed by atoms with Crippen LogP contribution in [0.2, 0.25) is 0 Å². The van der Waals surface area contributed by atoms with Gasteiger partial charge in [-0.15, -0.1) is 0 Å². The predicted molar refractivity (Wildman–Crippen MR) is 207 cm³/mol. The van der Waals surface area contributed by atoms with Gasteiger partial charge in [0.25, 0.3) is 5.56 Å². The molecule has 0 amide bonds. The summed E-state index contributed by atoms with van der Waals surface area (Å²) in [6.45, 7) is 6.89. The maximum Gasteiger partial charge on any atom is 0.355 e. The van der Waals surface area contributed by atoms with Crippen LogP contribution in [0.1, 0.15) is 68.5 Å². The van der Waals surface area contributed by atoms with Crippen molar-refractivity contribution in [2.45, 2.75) is 89.0 Å². The molecular formula is C43H46N2O11S. The highest BCUT2D eigenvalue weighted by atomic mass is 32.2. The lowest BCUT2D eigenvalue weighted by molar-refractivity contribution is -0.306. The van der Waals surface area contributed by atoms with Crippen LogP contribution >= 0.6 is 0 Å². The van der Waals surface area contributed by atoms with E-state index >= 15 is 0 Å². The molecule has 0 bridgehead atoms. The van der Waals surface area contributed by atoms with Crippen molar-refractivity contribution >= 4 is 27.9 Å². The van der Waals surface area contributed by atoms with Crippen LogP contribution in [0, 0.1) is 5.41 Å². The van der Waals surface area contributed by atoms with Crippen LogP contribution in [-0.4, -0.2) is 61.6 Å². The fraction of sp³-hybridized carbons (Fsp3) is 0.395. The van der Waals surface area contributed by atoms with Crippen molar-refractivity contribution in [1.82, 2.24) is 8.87 Å². The molecular weight excluding hydrogens is 753 g/mol. The van der Waals surface area contributed by atoms with Crippen LogP contribution in [0.15, 0.2) is 94.6 Å². The molecule has 0 radical (unpaired) electrons. The molecule has 300 valence electrons. The second-order valence-corrected chi connectivity index (χ2v) is 17.3. The lowest BCUT2D eigenvalue weighted by Crippen LogP contribution is -2.53. The summed E-state index contributed by atoms with van der Waals surface area (Å²) in [4.78, 5) is 55.4. The third-order valence-corrected chi connectivity index (χ3v) is 12.9. The number of benzene rings is 3. The quantitative estimate of drug-likeness (QED) is 0.151. The van der Waals surface area contributed by atoms with Crippen molar-refractivity contribution in [3.8, 4) is 11.1 Å². The van der Waals surface area contributed by atoms with E-state index in [0.29, 0.717) is 24.5 Å². The zero-order valence-electron chi connectivity index (χ0n) is 32.6. The Balaban J connectivity index is 1.32. The van der Waals surface area contributed by atoms with Crippen LogP contribution in [0.4, 0.5) is 0 Å². The maximum atomic E-state index is 14.8. The molecule has 0 unspecified atom stereocenters. The summed E-state index contributed by atoms with van der Waals surface area (Å²) in [5.74, 6) is -4.08. The highest BCUT2D eigenvalue weighted by molar-refractivity contribution is 7.89. The average Bonchev–Trinajstić information content (AvgIpc) is 3.58. The molecule has 13 nitrogen and oxygen atoms in total. The van der Waals surface area contributed by atoms with Gasteiger partial charge < -0.3 is 28.3 Å². The normalized spacial score (nSPS) is 19.5. The Morgan fingerprint density at radius 2 is 1.54 bits per heavy atom. The van der Waals surface area contributed by atoms with Gasteiger partial charge in [-0.05, 0) is 46.9 Å². The number of fused-ring (bicyclic) bond motifs is 3. The Morgan fingerprint density at radius 1 is 0.912 bits per heavy atom. The first-order chi connectivity index (χ1) is 27.1. The Labute approximate surface area is 331 Å². The van der Waals surface area contributed by atoms with E-state index in [4.69, 9.17) is 23.7 Å². The lowest BCUT2D eigenvalue weighted by atomic mass is 9.86. The predicted octanol–water partition coefficient (Wildman–Crippen LogP) is 5.35. The smallest absolute Gasteiger partial charge is 0.355 e. The Morgan fingerprint density at radius 3 is 2.18 bits per heavy atom. The highest BCUT2D eigenvalue weighted by Crippen LogP contribution is 2.45. The van der Waals surface area contributed by atoms with Crippen molar-refractivity contribution in [2.75, 3.05) is 20.3 Å². The summed E-state index contributed by atoms with van der Waals surface area (Å²) < 4.78 is 61.2. The van der Waals surface area contributed by atoms with Gasteiger partial charge >= 0.3 is 17.9 Å². The molecule has 1 fully saturated rings. The summed E-state index contributed by atoms with van der Waals surface area (Å²) in [5, 5.41) is 0. The Bertz CT molecular complexity index is 2360. The van der Waals surface area contributed by atoms with E-state index in [2.05, 4.69) is 0 Å². The summed E-state index contributed by atoms with van der Waals surface area (Å²) >= 11 is 0. The first-order valence-electron chi connectivity index (χ1n) is 18.9. The monoisotopic (exact) mass is 798 g/mol. The zero-order valence-corrected chi connectivity index (χ0v) is 33.4. The molecule has 14 heteroatoms. The van der Waals surface area contributed by atoms with Gasteiger partial charge in [-0.1, -0.05) is 87.5 Å². The highest BCUT2D eigenvalue weighted by Gasteiger charge is 2.53. The molecule has 4 aromatic rings. The fourth-order valence-electron chi connectivity index (χ4n) is 7.84. The van der Waals surface area contributed by atoms with Gasteiger partial charge in [0.2, 0.25) is 21.4 Å². The molecule has 1 aromatic heterocycles. The molecule has 4 heterocycles. The van der Waals surface area contributed by atoms with E-state index in [0.717, 1.165) is 28.1 Å². The SMILES string of the molecule is CC[C@@](OC(=O)[C@H]1Cc2ccccc2CN1S(=O)(=O)c1ccc(-c2ccccc2)cc1)(C(=O)OC)c1cc2n(c(=O)c1COC(C)=O)CCC21OCC(C)(C)CO1. The average molecular weight is 799 g/mol. The Kier molecular flexibility index (Phi) is 10.8. The first-order valence-corrected chi connectivity index (χ1v) is 20.3. The number of methoxy groups -OCH3 is 1. The minimum atomic E-state index is -4.35. The largest absolute Gasteiger partial charge is 0.466 e. The second kappa shape index (κ2) is 15.3. The molecule has 7 rings (SSSR count). The van der Waals surface area contributed by atoms with Crippen molar-refractivity contribution < 1.29 is 46.5 Å². The summed E-state index contributed by atoms with van der Waals surface area (Å²) in [5.41, 5.74) is 0.0709. The van der Waals surface area contributed by atoms with Crippen LogP contribution in [0.3, 0.4) is 0 Å². The number of nitrogens with zero attached hydrogens (tertiary/aromatic N) is 2. The van der Waals surface area contributed by atoms with Gasteiger partial charge in [0.1, 0.15) is 12.6 Å². The number of hydrogen-bond donors (Lipinski definition) is 0. The number of esters is 3. The first kappa shape index (κ1) is 40.1. The molecule has 0 saturated carbocycles. The maximum absolute atomic E-state index is 14.8. The van der Waals surface area contributed by atoms with E-state index in [1.807, 2.05) is 50.2 Å². The van der Waals surface area contributed by atoms with Gasteiger partial charge in [-0.3, -0.25) is 14.4 Å². The number of sulfonamides is 1. The number of carbonyl (C=O) groups excluding carboxylic acids is 3. The number of carbonyl (C=O) groups is 3. The van der Waals surface area contributed by atoms with Gasteiger partial charge in [-0.2, -0.15) is 4.31 Å². The van der Waals surface area contributed by atoms with Crippen LogP contribution in [0.5, 0.6) is 0 Å². The molecule has 1 saturated heterocycles. The van der Waals surface area contributed by atoms with Crippen LogP contribution < -0.4 is 5.56 Å². The van der Waals surface area contributed by atoms with E-state index in [1.165, 1.54) is 29.7 Å². The van der Waals surface area contributed by atoms with Crippen molar-refractivity contribution in [1.29, 1.82) is 0 Å².